The molecule has 0 aliphatic rings. The molecule has 3 rings (SSSR count). The smallest absolute Gasteiger partial charge is 0.280 e. The molecule has 1 aromatic heterocycles. The third kappa shape index (κ3) is 5.93. The largest absolute Gasteiger partial charge is 0.481 e. The van der Waals surface area contributed by atoms with Gasteiger partial charge in [-0.15, -0.1) is 0 Å². The highest BCUT2D eigenvalue weighted by molar-refractivity contribution is 6.31. The van der Waals surface area contributed by atoms with Crippen LogP contribution in [0.5, 0.6) is 5.75 Å². The van der Waals surface area contributed by atoms with Crippen LogP contribution in [0.1, 0.15) is 18.1 Å². The summed E-state index contributed by atoms with van der Waals surface area (Å²) >= 11 is 6.01. The Balaban J connectivity index is 1.70. The van der Waals surface area contributed by atoms with Gasteiger partial charge in [-0.25, -0.2) is 5.43 Å². The molecule has 0 radical (unpaired) electrons. The number of benzene rings is 2. The van der Waals surface area contributed by atoms with Crippen LogP contribution in [0.4, 0.5) is 0 Å². The van der Waals surface area contributed by atoms with Crippen LogP contribution in [0.25, 0.3) is 11.3 Å². The van der Waals surface area contributed by atoms with Crippen LogP contribution in [0, 0.1) is 6.92 Å². The van der Waals surface area contributed by atoms with E-state index in [2.05, 4.69) is 15.6 Å². The number of halogens is 1. The number of nitrogens with two attached hydrogens (primary N) is 1. The molecule has 1 unspecified atom stereocenters. The molecule has 3 N–H and O–H groups in total. The first-order chi connectivity index (χ1) is 14.8. The normalized spacial score (nSPS) is 12.0. The molecule has 31 heavy (non-hydrogen) atoms. The fourth-order valence-electron chi connectivity index (χ4n) is 2.80. The van der Waals surface area contributed by atoms with E-state index in [0.29, 0.717) is 22.0 Å². The van der Waals surface area contributed by atoms with Crippen molar-refractivity contribution in [2.75, 3.05) is 0 Å². The highest BCUT2D eigenvalue weighted by Gasteiger charge is 2.15. The number of carbonyl (C=O) groups excluding carboxylic acids is 2. The van der Waals surface area contributed by atoms with Gasteiger partial charge in [-0.05, 0) is 37.6 Å². The van der Waals surface area contributed by atoms with Gasteiger partial charge in [0, 0.05) is 22.3 Å². The number of amides is 2. The van der Waals surface area contributed by atoms with E-state index in [9.17, 15) is 9.59 Å². The summed E-state index contributed by atoms with van der Waals surface area (Å²) in [7, 11) is 0. The molecular weight excluding hydrogens is 418 g/mol. The number of aromatic nitrogens is 2. The number of ether oxygens (including phenoxy) is 1. The van der Waals surface area contributed by atoms with E-state index in [4.69, 9.17) is 22.1 Å². The van der Waals surface area contributed by atoms with E-state index < -0.39 is 17.9 Å². The number of carbonyl (C=O) groups is 2. The molecule has 2 amide bonds. The topological polar surface area (TPSA) is 112 Å². The van der Waals surface area contributed by atoms with Crippen LogP contribution >= 0.6 is 11.6 Å². The molecule has 0 aliphatic carbocycles. The number of hydrogen-bond donors (Lipinski definition) is 2. The third-order valence-electron chi connectivity index (χ3n) is 4.34. The Morgan fingerprint density at radius 3 is 2.71 bits per heavy atom. The SMILES string of the molecule is Cc1cc(OC(C)C(=O)NN=Cc2cn(CC(N)=O)nc2-c2ccccc2)ccc1Cl. The predicted molar refractivity (Wildman–Crippen MR) is 119 cm³/mol. The fourth-order valence-corrected chi connectivity index (χ4v) is 2.91. The predicted octanol–water partition coefficient (Wildman–Crippen LogP) is 2.91. The summed E-state index contributed by atoms with van der Waals surface area (Å²) in [6, 6.07) is 14.6. The minimum absolute atomic E-state index is 0.0641. The lowest BCUT2D eigenvalue weighted by atomic mass is 10.1. The first kappa shape index (κ1) is 22.0. The zero-order valence-corrected chi connectivity index (χ0v) is 17.8. The van der Waals surface area contributed by atoms with Gasteiger partial charge >= 0.3 is 0 Å². The number of hydrogen-bond acceptors (Lipinski definition) is 5. The molecule has 8 nitrogen and oxygen atoms in total. The van der Waals surface area contributed by atoms with Crippen molar-refractivity contribution in [2.45, 2.75) is 26.5 Å². The van der Waals surface area contributed by atoms with Gasteiger partial charge in [-0.2, -0.15) is 10.2 Å². The summed E-state index contributed by atoms with van der Waals surface area (Å²) in [6.45, 7) is 3.41. The van der Waals surface area contributed by atoms with Crippen molar-refractivity contribution in [1.29, 1.82) is 0 Å². The van der Waals surface area contributed by atoms with Gasteiger partial charge in [0.1, 0.15) is 18.0 Å². The average molecular weight is 440 g/mol. The Morgan fingerprint density at radius 1 is 1.29 bits per heavy atom. The summed E-state index contributed by atoms with van der Waals surface area (Å²) in [5, 5.41) is 9.05. The van der Waals surface area contributed by atoms with Crippen molar-refractivity contribution in [3.05, 3.63) is 70.9 Å². The molecule has 0 aliphatic heterocycles. The van der Waals surface area contributed by atoms with Crippen LogP contribution in [-0.4, -0.2) is 33.9 Å². The lowest BCUT2D eigenvalue weighted by molar-refractivity contribution is -0.127. The Bertz CT molecular complexity index is 1110. The van der Waals surface area contributed by atoms with Crippen molar-refractivity contribution >= 4 is 29.6 Å². The molecule has 1 heterocycles. The Hall–Kier alpha value is -3.65. The Kier molecular flexibility index (Phi) is 7.04. The molecule has 0 saturated heterocycles. The number of aryl methyl sites for hydroxylation is 1. The van der Waals surface area contributed by atoms with Crippen LogP contribution in [0.2, 0.25) is 5.02 Å². The molecule has 2 aromatic carbocycles. The van der Waals surface area contributed by atoms with Crippen molar-refractivity contribution in [1.82, 2.24) is 15.2 Å². The van der Waals surface area contributed by atoms with Crippen LogP contribution < -0.4 is 15.9 Å². The number of primary amides is 1. The first-order valence-corrected chi connectivity index (χ1v) is 9.88. The van der Waals surface area contributed by atoms with Crippen LogP contribution in [0.15, 0.2) is 59.8 Å². The van der Waals surface area contributed by atoms with Crippen LogP contribution in [0.3, 0.4) is 0 Å². The molecule has 1 atom stereocenters. The minimum Gasteiger partial charge on any atom is -0.481 e. The highest BCUT2D eigenvalue weighted by atomic mass is 35.5. The summed E-state index contributed by atoms with van der Waals surface area (Å²) in [5.74, 6) is -0.399. The average Bonchev–Trinajstić information content (AvgIpc) is 3.13. The molecule has 9 heteroatoms. The molecular formula is C22H22ClN5O3. The zero-order valence-electron chi connectivity index (χ0n) is 17.1. The van der Waals surface area contributed by atoms with Crippen molar-refractivity contribution in [2.24, 2.45) is 10.8 Å². The number of rotatable bonds is 8. The van der Waals surface area contributed by atoms with E-state index in [1.807, 2.05) is 37.3 Å². The highest BCUT2D eigenvalue weighted by Crippen LogP contribution is 2.22. The van der Waals surface area contributed by atoms with Gasteiger partial charge in [-0.1, -0.05) is 41.9 Å². The standard InChI is InChI=1S/C22H22ClN5O3/c1-14-10-18(8-9-19(14)23)31-15(2)22(30)26-25-11-17-12-28(13-20(24)29)27-21(17)16-6-4-3-5-7-16/h3-12,15H,13H2,1-2H3,(H2,24,29)(H,26,30). The van der Waals surface area contributed by atoms with Gasteiger partial charge in [0.05, 0.1) is 6.21 Å². The molecule has 0 bridgehead atoms. The van der Waals surface area contributed by atoms with Crippen molar-refractivity contribution in [3.8, 4) is 17.0 Å². The van der Waals surface area contributed by atoms with E-state index in [0.717, 1.165) is 11.1 Å². The summed E-state index contributed by atoms with van der Waals surface area (Å²) in [5.41, 5.74) is 10.6. The maximum atomic E-state index is 12.3. The van der Waals surface area contributed by atoms with Crippen LogP contribution in [-0.2, 0) is 16.1 Å². The minimum atomic E-state index is -0.774. The molecule has 160 valence electrons. The van der Waals surface area contributed by atoms with E-state index in [-0.39, 0.29) is 6.54 Å². The van der Waals surface area contributed by atoms with Gasteiger partial charge in [0.2, 0.25) is 5.91 Å². The lowest BCUT2D eigenvalue weighted by Gasteiger charge is -2.13. The van der Waals surface area contributed by atoms with E-state index >= 15 is 0 Å². The third-order valence-corrected chi connectivity index (χ3v) is 4.77. The zero-order chi connectivity index (χ0) is 22.4. The van der Waals surface area contributed by atoms with E-state index in [1.54, 1.807) is 31.3 Å². The second-order valence-electron chi connectivity index (χ2n) is 6.87. The van der Waals surface area contributed by atoms with Gasteiger partial charge in [0.15, 0.2) is 6.10 Å². The van der Waals surface area contributed by atoms with E-state index in [1.165, 1.54) is 10.9 Å². The molecule has 0 fully saturated rings. The number of nitrogens with zero attached hydrogens (tertiary/aromatic N) is 3. The lowest BCUT2D eigenvalue weighted by Crippen LogP contribution is -2.33. The van der Waals surface area contributed by atoms with Crippen molar-refractivity contribution in [3.63, 3.8) is 0 Å². The molecule has 0 spiro atoms. The summed E-state index contributed by atoms with van der Waals surface area (Å²) < 4.78 is 7.08. The Labute approximate surface area is 184 Å². The van der Waals surface area contributed by atoms with Crippen molar-refractivity contribution < 1.29 is 14.3 Å². The summed E-state index contributed by atoms with van der Waals surface area (Å²) in [4.78, 5) is 23.6. The molecule has 0 saturated carbocycles. The number of hydrazone groups is 1. The fraction of sp³-hybridized carbons (Fsp3) is 0.182. The second-order valence-corrected chi connectivity index (χ2v) is 7.28. The second kappa shape index (κ2) is 9.90. The summed E-state index contributed by atoms with van der Waals surface area (Å²) in [6.07, 6.45) is 2.33. The molecule has 3 aromatic rings. The van der Waals surface area contributed by atoms with Gasteiger partial charge in [0.25, 0.3) is 5.91 Å². The van der Waals surface area contributed by atoms with Gasteiger partial charge in [-0.3, -0.25) is 14.3 Å². The monoisotopic (exact) mass is 439 g/mol. The quantitative estimate of drug-likeness (QED) is 0.415. The number of nitrogens with one attached hydrogen (secondary N) is 1. The van der Waals surface area contributed by atoms with Gasteiger partial charge < -0.3 is 10.5 Å². The maximum Gasteiger partial charge on any atom is 0.280 e. The Morgan fingerprint density at radius 2 is 2.03 bits per heavy atom. The maximum absolute atomic E-state index is 12.3. The first-order valence-electron chi connectivity index (χ1n) is 9.50.